The molecule has 2 aromatic rings. The first-order valence-electron chi connectivity index (χ1n) is 11.7. The normalized spacial score (nSPS) is 20.8. The first-order chi connectivity index (χ1) is 17.0. The van der Waals surface area contributed by atoms with Crippen LogP contribution in [-0.4, -0.2) is 113 Å². The quantitative estimate of drug-likeness (QED) is 0.472. The van der Waals surface area contributed by atoms with Crippen LogP contribution in [0.25, 0.3) is 0 Å². The molecule has 0 bridgehead atoms. The minimum absolute atomic E-state index is 0.0307. The lowest BCUT2D eigenvalue weighted by atomic mass is 9.84. The Hall–Kier alpha value is -2.48. The predicted molar refractivity (Wildman–Crippen MR) is 132 cm³/mol. The van der Waals surface area contributed by atoms with Crippen LogP contribution in [0.15, 0.2) is 46.2 Å². The number of hydrogen-bond acceptors (Lipinski definition) is 8. The van der Waals surface area contributed by atoms with Gasteiger partial charge in [-0.2, -0.15) is 8.61 Å². The van der Waals surface area contributed by atoms with Gasteiger partial charge in [0, 0.05) is 74.6 Å². The first kappa shape index (κ1) is 25.2. The summed E-state index contributed by atoms with van der Waals surface area (Å²) in [6.45, 7) is 3.72. The van der Waals surface area contributed by atoms with Crippen LogP contribution in [0, 0.1) is 0 Å². The van der Waals surface area contributed by atoms with Crippen molar-refractivity contribution in [3.63, 3.8) is 0 Å². The van der Waals surface area contributed by atoms with Crippen molar-refractivity contribution in [3.05, 3.63) is 58.7 Å². The van der Waals surface area contributed by atoms with E-state index in [4.69, 9.17) is 0 Å². The standard InChI is InChI=1S/C24H28N4O6S2/c1-25-7-11-27(12-8-25)35(31,32)17-3-5-19-21(15-17)24(30)22-16-18(4-6-20(22)23(19)29)36(33,34)28-13-9-26(2)10-14-28/h3-6,15-16H,7-14H2,1-2H3. The number of piperazine rings is 2. The Bertz CT molecular complexity index is 1350. The zero-order valence-corrected chi connectivity index (χ0v) is 21.8. The number of fused-ring (bicyclic) bond motifs is 2. The molecule has 2 aliphatic heterocycles. The topological polar surface area (TPSA) is 115 Å². The SMILES string of the molecule is CN1CCN(S(=O)(=O)c2ccc3c(c2)C(=O)c2cc(S(=O)(=O)N4CCN(C)CC4)ccc2C3=O)CC1. The molecular weight excluding hydrogens is 504 g/mol. The Morgan fingerprint density at radius 2 is 0.861 bits per heavy atom. The maximum absolute atomic E-state index is 13.5. The maximum Gasteiger partial charge on any atom is 0.243 e. The van der Waals surface area contributed by atoms with Crippen molar-refractivity contribution in [2.45, 2.75) is 9.79 Å². The Morgan fingerprint density at radius 3 is 1.22 bits per heavy atom. The van der Waals surface area contributed by atoms with Gasteiger partial charge < -0.3 is 9.80 Å². The smallest absolute Gasteiger partial charge is 0.243 e. The second-order valence-corrected chi connectivity index (χ2v) is 13.4. The zero-order chi connectivity index (χ0) is 25.8. The number of sulfonamides is 2. The van der Waals surface area contributed by atoms with Crippen LogP contribution < -0.4 is 0 Å². The lowest BCUT2D eigenvalue weighted by molar-refractivity contribution is 0.0978. The van der Waals surface area contributed by atoms with Gasteiger partial charge in [0.1, 0.15) is 0 Å². The average molecular weight is 533 g/mol. The molecule has 0 N–H and O–H groups in total. The van der Waals surface area contributed by atoms with Crippen molar-refractivity contribution >= 4 is 31.6 Å². The predicted octanol–water partition coefficient (Wildman–Crippen LogP) is 0.334. The molecule has 36 heavy (non-hydrogen) atoms. The van der Waals surface area contributed by atoms with Crippen LogP contribution in [0.3, 0.4) is 0 Å². The molecule has 5 rings (SSSR count). The third-order valence-electron chi connectivity index (χ3n) is 7.16. The summed E-state index contributed by atoms with van der Waals surface area (Å²) < 4.78 is 55.6. The molecule has 0 spiro atoms. The second kappa shape index (κ2) is 9.12. The third-order valence-corrected chi connectivity index (χ3v) is 10.9. The third kappa shape index (κ3) is 4.21. The van der Waals surface area contributed by atoms with Gasteiger partial charge in [-0.25, -0.2) is 16.8 Å². The summed E-state index contributed by atoms with van der Waals surface area (Å²) in [5.41, 5.74) is 0.160. The van der Waals surface area contributed by atoms with E-state index in [9.17, 15) is 26.4 Å². The number of ketones is 2. The molecule has 10 nitrogen and oxygen atoms in total. The lowest BCUT2D eigenvalue weighted by Crippen LogP contribution is -2.47. The van der Waals surface area contributed by atoms with Crippen LogP contribution in [0.2, 0.25) is 0 Å². The van der Waals surface area contributed by atoms with Crippen molar-refractivity contribution in [2.75, 3.05) is 66.5 Å². The molecule has 2 heterocycles. The van der Waals surface area contributed by atoms with E-state index in [1.54, 1.807) is 0 Å². The number of rotatable bonds is 4. The molecular formula is C24H28N4O6S2. The fraction of sp³-hybridized carbons (Fsp3) is 0.417. The van der Waals surface area contributed by atoms with Crippen LogP contribution in [0.1, 0.15) is 31.8 Å². The van der Waals surface area contributed by atoms with Gasteiger partial charge in [-0.05, 0) is 50.5 Å². The molecule has 2 saturated heterocycles. The first-order valence-corrected chi connectivity index (χ1v) is 14.6. The molecule has 12 heteroatoms. The average Bonchev–Trinajstić information content (AvgIpc) is 2.87. The molecule has 1 aliphatic carbocycles. The summed E-state index contributed by atoms with van der Waals surface area (Å²) in [5.74, 6) is -1.00. The lowest BCUT2D eigenvalue weighted by Gasteiger charge is -2.32. The van der Waals surface area contributed by atoms with Crippen LogP contribution in [0.4, 0.5) is 0 Å². The Kier molecular flexibility index (Phi) is 6.38. The largest absolute Gasteiger partial charge is 0.304 e. The van der Waals surface area contributed by atoms with Gasteiger partial charge in [-0.1, -0.05) is 0 Å². The zero-order valence-electron chi connectivity index (χ0n) is 20.2. The van der Waals surface area contributed by atoms with E-state index in [0.29, 0.717) is 52.4 Å². The number of carbonyl (C=O) groups is 2. The Morgan fingerprint density at radius 1 is 0.528 bits per heavy atom. The Labute approximate surface area is 211 Å². The van der Waals surface area contributed by atoms with Crippen molar-refractivity contribution in [1.82, 2.24) is 18.4 Å². The highest BCUT2D eigenvalue weighted by molar-refractivity contribution is 7.89. The number of hydrogen-bond donors (Lipinski definition) is 0. The highest BCUT2D eigenvalue weighted by Gasteiger charge is 2.35. The second-order valence-electron chi connectivity index (χ2n) is 9.49. The van der Waals surface area contributed by atoms with Crippen LogP contribution in [0.5, 0.6) is 0 Å². The van der Waals surface area contributed by atoms with Gasteiger partial charge in [0.2, 0.25) is 20.0 Å². The number of likely N-dealkylation sites (N-methyl/N-ethyl adjacent to an activating group) is 2. The van der Waals surface area contributed by atoms with E-state index in [2.05, 4.69) is 0 Å². The molecule has 0 unspecified atom stereocenters. The fourth-order valence-electron chi connectivity index (χ4n) is 4.78. The molecule has 192 valence electrons. The molecule has 0 amide bonds. The molecule has 3 aliphatic rings. The van der Waals surface area contributed by atoms with Crippen molar-refractivity contribution in [1.29, 1.82) is 0 Å². The maximum atomic E-state index is 13.5. The summed E-state index contributed by atoms with van der Waals surface area (Å²) in [6.07, 6.45) is 0. The van der Waals surface area contributed by atoms with Gasteiger partial charge in [-0.3, -0.25) is 9.59 Å². The molecule has 0 aromatic heterocycles. The van der Waals surface area contributed by atoms with Crippen molar-refractivity contribution in [3.8, 4) is 0 Å². The number of carbonyl (C=O) groups excluding carboxylic acids is 2. The van der Waals surface area contributed by atoms with E-state index in [0.717, 1.165) is 0 Å². The fourth-order valence-corrected chi connectivity index (χ4v) is 7.68. The van der Waals surface area contributed by atoms with E-state index in [1.807, 2.05) is 23.9 Å². The molecule has 2 aromatic carbocycles. The minimum atomic E-state index is -3.85. The van der Waals surface area contributed by atoms with Crippen molar-refractivity contribution < 1.29 is 26.4 Å². The summed E-state index contributed by atoms with van der Waals surface area (Å²) in [7, 11) is -3.86. The van der Waals surface area contributed by atoms with Gasteiger partial charge in [0.25, 0.3) is 0 Å². The van der Waals surface area contributed by atoms with Crippen LogP contribution >= 0.6 is 0 Å². The summed E-state index contributed by atoms with van der Waals surface area (Å²) >= 11 is 0. The van der Waals surface area contributed by atoms with Gasteiger partial charge in [-0.15, -0.1) is 0 Å². The molecule has 0 atom stereocenters. The van der Waals surface area contributed by atoms with E-state index >= 15 is 0 Å². The van der Waals surface area contributed by atoms with Gasteiger partial charge >= 0.3 is 0 Å². The number of benzene rings is 2. The van der Waals surface area contributed by atoms with E-state index in [-0.39, 0.29) is 32.0 Å². The monoisotopic (exact) mass is 532 g/mol. The molecule has 0 saturated carbocycles. The molecule has 0 radical (unpaired) electrons. The summed E-state index contributed by atoms with van der Waals surface area (Å²) in [5, 5.41) is 0. The molecule has 2 fully saturated rings. The van der Waals surface area contributed by atoms with Crippen LogP contribution in [-0.2, 0) is 20.0 Å². The van der Waals surface area contributed by atoms with E-state index in [1.165, 1.54) is 45.0 Å². The van der Waals surface area contributed by atoms with E-state index < -0.39 is 31.6 Å². The highest BCUT2D eigenvalue weighted by atomic mass is 32.2. The van der Waals surface area contributed by atoms with Gasteiger partial charge in [0.05, 0.1) is 9.79 Å². The number of nitrogens with zero attached hydrogens (tertiary/aromatic N) is 4. The van der Waals surface area contributed by atoms with Crippen molar-refractivity contribution in [2.24, 2.45) is 0 Å². The van der Waals surface area contributed by atoms with Gasteiger partial charge in [0.15, 0.2) is 11.6 Å². The Balaban J connectivity index is 1.50. The summed E-state index contributed by atoms with van der Waals surface area (Å²) in [4.78, 5) is 30.6. The summed E-state index contributed by atoms with van der Waals surface area (Å²) in [6, 6.07) is 7.94. The minimum Gasteiger partial charge on any atom is -0.304 e. The highest BCUT2D eigenvalue weighted by Crippen LogP contribution is 2.32.